The Morgan fingerprint density at radius 1 is 1.20 bits per heavy atom. The number of thiophene rings is 1. The molecule has 0 bridgehead atoms. The van der Waals surface area contributed by atoms with Gasteiger partial charge in [0.05, 0.1) is 18.8 Å². The summed E-state index contributed by atoms with van der Waals surface area (Å²) in [7, 11) is 0. The fourth-order valence-electron chi connectivity index (χ4n) is 3.61. The van der Waals surface area contributed by atoms with Crippen molar-refractivity contribution in [3.05, 3.63) is 57.3 Å². The molecule has 1 aliphatic heterocycles. The average molecular weight is 432 g/mol. The highest BCUT2D eigenvalue weighted by molar-refractivity contribution is 7.14. The van der Waals surface area contributed by atoms with Crippen molar-refractivity contribution in [1.29, 1.82) is 0 Å². The lowest BCUT2D eigenvalue weighted by Gasteiger charge is -2.20. The van der Waals surface area contributed by atoms with Gasteiger partial charge in [-0.3, -0.25) is 4.79 Å². The second-order valence-corrected chi connectivity index (χ2v) is 8.82. The molecule has 3 N–H and O–H groups in total. The van der Waals surface area contributed by atoms with Crippen LogP contribution in [0.2, 0.25) is 0 Å². The van der Waals surface area contributed by atoms with Gasteiger partial charge in [-0.2, -0.15) is 0 Å². The van der Waals surface area contributed by atoms with Crippen molar-refractivity contribution < 1.29 is 24.5 Å². The number of rotatable bonds is 11. The highest BCUT2D eigenvalue weighted by Gasteiger charge is 2.25. The Morgan fingerprint density at radius 3 is 2.53 bits per heavy atom. The van der Waals surface area contributed by atoms with E-state index in [2.05, 4.69) is 12.2 Å². The normalized spacial score (nSPS) is 18.2. The maximum atomic E-state index is 11.5. The summed E-state index contributed by atoms with van der Waals surface area (Å²) in [4.78, 5) is 23.8. The monoisotopic (exact) mass is 431 g/mol. The molecule has 3 atom stereocenters. The molecular formula is C23H29NO5S. The van der Waals surface area contributed by atoms with Crippen LogP contribution in [0.3, 0.4) is 0 Å². The van der Waals surface area contributed by atoms with Gasteiger partial charge in [0, 0.05) is 11.3 Å². The lowest BCUT2D eigenvalue weighted by atomic mass is 10.00. The number of amides is 1. The minimum Gasteiger partial charge on any atom is -0.477 e. The number of benzene rings is 1. The van der Waals surface area contributed by atoms with E-state index in [0.717, 1.165) is 48.1 Å². The zero-order valence-electron chi connectivity index (χ0n) is 17.2. The number of hydrogen-bond acceptors (Lipinski definition) is 5. The van der Waals surface area contributed by atoms with Crippen LogP contribution in [0, 0.1) is 0 Å². The molecule has 0 saturated carbocycles. The van der Waals surface area contributed by atoms with Crippen LogP contribution in [0.1, 0.15) is 83.3 Å². The van der Waals surface area contributed by atoms with Crippen LogP contribution < -0.4 is 5.32 Å². The minimum atomic E-state index is -0.960. The smallest absolute Gasteiger partial charge is 0.345 e. The SMILES string of the molecule is CCCCCC(O)c1ccc([C@H](OCC2CCC(=O)N2)c2ccc(C(=O)O)s2)cc1. The molecule has 1 aromatic heterocycles. The summed E-state index contributed by atoms with van der Waals surface area (Å²) in [5, 5.41) is 22.6. The molecule has 2 aromatic rings. The zero-order chi connectivity index (χ0) is 21.5. The number of carbonyl (C=O) groups excluding carboxylic acids is 1. The molecule has 2 unspecified atom stereocenters. The van der Waals surface area contributed by atoms with Crippen molar-refractivity contribution in [2.24, 2.45) is 0 Å². The predicted octanol–water partition coefficient (Wildman–Crippen LogP) is 4.44. The van der Waals surface area contributed by atoms with Gasteiger partial charge >= 0.3 is 5.97 Å². The summed E-state index contributed by atoms with van der Waals surface area (Å²) in [5.41, 5.74) is 1.76. The number of ether oxygens (including phenoxy) is 1. The molecule has 30 heavy (non-hydrogen) atoms. The van der Waals surface area contributed by atoms with Gasteiger partial charge < -0.3 is 20.3 Å². The van der Waals surface area contributed by atoms with Crippen molar-refractivity contribution in [2.45, 2.75) is 63.7 Å². The number of nitrogens with one attached hydrogen (secondary N) is 1. The molecule has 1 aliphatic rings. The van der Waals surface area contributed by atoms with Crippen LogP contribution in [0.5, 0.6) is 0 Å². The second kappa shape index (κ2) is 10.7. The number of hydrogen-bond donors (Lipinski definition) is 3. The van der Waals surface area contributed by atoms with Gasteiger partial charge in [-0.15, -0.1) is 11.3 Å². The van der Waals surface area contributed by atoms with Gasteiger partial charge in [0.2, 0.25) is 5.91 Å². The standard InChI is InChI=1S/C23H29NO5S/c1-2-3-4-5-18(25)15-6-8-16(9-7-15)22(19-11-12-20(30-19)23(27)28)29-14-17-10-13-21(26)24-17/h6-9,11-12,17-18,22,25H,2-5,10,13-14H2,1H3,(H,24,26)(H,27,28)/t17?,18?,22-/m0/s1. The Kier molecular flexibility index (Phi) is 8.01. The molecule has 2 heterocycles. The molecule has 0 aliphatic carbocycles. The van der Waals surface area contributed by atoms with Gasteiger partial charge in [-0.25, -0.2) is 4.79 Å². The number of aliphatic hydroxyl groups excluding tert-OH is 1. The molecule has 6 nitrogen and oxygen atoms in total. The number of aromatic carboxylic acids is 1. The van der Waals surface area contributed by atoms with Crippen molar-refractivity contribution in [1.82, 2.24) is 5.32 Å². The summed E-state index contributed by atoms with van der Waals surface area (Å²) in [6.45, 7) is 2.50. The van der Waals surface area contributed by atoms with Crippen LogP contribution in [-0.2, 0) is 9.53 Å². The van der Waals surface area contributed by atoms with Crippen LogP contribution in [0.4, 0.5) is 0 Å². The van der Waals surface area contributed by atoms with Gasteiger partial charge in [0.15, 0.2) is 0 Å². The third-order valence-corrected chi connectivity index (χ3v) is 6.47. The van der Waals surface area contributed by atoms with E-state index in [9.17, 15) is 19.8 Å². The van der Waals surface area contributed by atoms with Crippen molar-refractivity contribution >= 4 is 23.2 Å². The molecule has 1 aromatic carbocycles. The van der Waals surface area contributed by atoms with Crippen LogP contribution >= 0.6 is 11.3 Å². The Hall–Kier alpha value is -2.22. The third kappa shape index (κ3) is 5.90. The van der Waals surface area contributed by atoms with Crippen LogP contribution in [-0.4, -0.2) is 34.7 Å². The maximum Gasteiger partial charge on any atom is 0.345 e. The van der Waals surface area contributed by atoms with E-state index < -0.39 is 18.2 Å². The average Bonchev–Trinajstić information content (AvgIpc) is 3.38. The van der Waals surface area contributed by atoms with Gasteiger partial charge in [-0.1, -0.05) is 50.5 Å². The molecule has 1 amide bonds. The lowest BCUT2D eigenvalue weighted by molar-refractivity contribution is -0.119. The predicted molar refractivity (Wildman–Crippen MR) is 116 cm³/mol. The van der Waals surface area contributed by atoms with E-state index in [-0.39, 0.29) is 16.8 Å². The highest BCUT2D eigenvalue weighted by Crippen LogP contribution is 2.33. The Bertz CT molecular complexity index is 848. The molecule has 7 heteroatoms. The largest absolute Gasteiger partial charge is 0.477 e. The molecule has 3 rings (SSSR count). The fraction of sp³-hybridized carbons (Fsp3) is 0.478. The third-order valence-electron chi connectivity index (χ3n) is 5.35. The molecule has 1 saturated heterocycles. The van der Waals surface area contributed by atoms with Crippen molar-refractivity contribution in [2.75, 3.05) is 6.61 Å². The lowest BCUT2D eigenvalue weighted by Crippen LogP contribution is -2.30. The molecule has 0 radical (unpaired) electrons. The highest BCUT2D eigenvalue weighted by atomic mass is 32.1. The summed E-state index contributed by atoms with van der Waals surface area (Å²) in [6.07, 6.45) is 4.28. The Balaban J connectivity index is 1.74. The minimum absolute atomic E-state index is 0.0291. The molecular weight excluding hydrogens is 402 g/mol. The molecule has 162 valence electrons. The summed E-state index contributed by atoms with van der Waals surface area (Å²) in [5.74, 6) is -0.926. The first-order chi connectivity index (χ1) is 14.5. The van der Waals surface area contributed by atoms with E-state index in [4.69, 9.17) is 4.74 Å². The Morgan fingerprint density at radius 2 is 1.93 bits per heavy atom. The van der Waals surface area contributed by atoms with Crippen molar-refractivity contribution in [3.63, 3.8) is 0 Å². The van der Waals surface area contributed by atoms with Crippen LogP contribution in [0.15, 0.2) is 36.4 Å². The molecule has 0 spiro atoms. The molecule has 1 fully saturated rings. The van der Waals surface area contributed by atoms with Crippen molar-refractivity contribution in [3.8, 4) is 0 Å². The summed E-state index contributed by atoms with van der Waals surface area (Å²) < 4.78 is 6.16. The fourth-order valence-corrected chi connectivity index (χ4v) is 4.54. The maximum absolute atomic E-state index is 11.5. The van der Waals surface area contributed by atoms with Gasteiger partial charge in [0.25, 0.3) is 0 Å². The zero-order valence-corrected chi connectivity index (χ0v) is 18.0. The Labute approximate surface area is 180 Å². The van der Waals surface area contributed by atoms with Gasteiger partial charge in [-0.05, 0) is 36.1 Å². The van der Waals surface area contributed by atoms with E-state index in [1.165, 1.54) is 11.3 Å². The van der Waals surface area contributed by atoms with Crippen LogP contribution in [0.25, 0.3) is 0 Å². The second-order valence-electron chi connectivity index (χ2n) is 7.70. The number of carboxylic acids is 1. The first-order valence-electron chi connectivity index (χ1n) is 10.5. The topological polar surface area (TPSA) is 95.9 Å². The first-order valence-corrected chi connectivity index (χ1v) is 11.3. The van der Waals surface area contributed by atoms with E-state index in [0.29, 0.717) is 13.0 Å². The summed E-state index contributed by atoms with van der Waals surface area (Å²) in [6, 6.07) is 11.0. The number of unbranched alkanes of at least 4 members (excludes halogenated alkanes) is 2. The van der Waals surface area contributed by atoms with Gasteiger partial charge in [0.1, 0.15) is 11.0 Å². The number of carbonyl (C=O) groups is 2. The van der Waals surface area contributed by atoms with E-state index >= 15 is 0 Å². The van der Waals surface area contributed by atoms with E-state index in [1.54, 1.807) is 12.1 Å². The number of aliphatic hydroxyl groups is 1. The van der Waals surface area contributed by atoms with E-state index in [1.807, 2.05) is 24.3 Å². The first kappa shape index (κ1) is 22.5. The summed E-state index contributed by atoms with van der Waals surface area (Å²) >= 11 is 1.19. The quantitative estimate of drug-likeness (QED) is 0.457. The number of carboxylic acid groups (broad SMARTS) is 1.